The van der Waals surface area contributed by atoms with Crippen LogP contribution in [0.1, 0.15) is 40.5 Å². The molecular weight excluding hydrogens is 432 g/mol. The molecule has 0 spiro atoms. The van der Waals surface area contributed by atoms with Gasteiger partial charge in [0, 0.05) is 48.7 Å². The van der Waals surface area contributed by atoms with E-state index in [1.807, 2.05) is 17.0 Å². The molecule has 0 aromatic heterocycles. The van der Waals surface area contributed by atoms with Crippen molar-refractivity contribution < 1.29 is 19.1 Å². The number of carbonyl (C=O) groups is 3. The number of hydrogen-bond acceptors (Lipinski definition) is 5. The lowest BCUT2D eigenvalue weighted by Gasteiger charge is -2.30. The standard InChI is InChI=1S/C26H32N4O4/c1-19-9-11-29(12-10-19)25(32)20-5-7-22(8-6-20)27-18-24(31)28-23-4-2-3-21(17-23)26(33)30-13-15-34-16-14-30/h2-8,17,19,27H,9-16,18H2,1H3,(H,28,31). The predicted octanol–water partition coefficient (Wildman–Crippen LogP) is 3.08. The zero-order valence-corrected chi connectivity index (χ0v) is 19.6. The van der Waals surface area contributed by atoms with Gasteiger partial charge in [-0.2, -0.15) is 0 Å². The lowest BCUT2D eigenvalue weighted by Crippen LogP contribution is -2.40. The Morgan fingerprint density at radius 2 is 1.50 bits per heavy atom. The second-order valence-corrected chi connectivity index (χ2v) is 8.94. The van der Waals surface area contributed by atoms with Crippen molar-refractivity contribution in [3.8, 4) is 0 Å². The number of likely N-dealkylation sites (tertiary alicyclic amines) is 1. The number of piperidine rings is 1. The minimum Gasteiger partial charge on any atom is -0.378 e. The molecule has 3 amide bonds. The highest BCUT2D eigenvalue weighted by Crippen LogP contribution is 2.19. The molecule has 2 aliphatic heterocycles. The van der Waals surface area contributed by atoms with E-state index < -0.39 is 0 Å². The molecule has 8 heteroatoms. The average molecular weight is 465 g/mol. The van der Waals surface area contributed by atoms with Crippen LogP contribution in [0.2, 0.25) is 0 Å². The van der Waals surface area contributed by atoms with Gasteiger partial charge in [0.05, 0.1) is 19.8 Å². The number of anilines is 2. The maximum atomic E-state index is 12.7. The van der Waals surface area contributed by atoms with Crippen LogP contribution in [0.4, 0.5) is 11.4 Å². The first-order valence-corrected chi connectivity index (χ1v) is 11.9. The van der Waals surface area contributed by atoms with Crippen LogP contribution in [0.3, 0.4) is 0 Å². The molecule has 8 nitrogen and oxygen atoms in total. The normalized spacial score (nSPS) is 16.7. The maximum absolute atomic E-state index is 12.7. The van der Waals surface area contributed by atoms with Gasteiger partial charge in [0.15, 0.2) is 0 Å². The van der Waals surface area contributed by atoms with Gasteiger partial charge in [-0.1, -0.05) is 13.0 Å². The van der Waals surface area contributed by atoms with Crippen LogP contribution in [0.5, 0.6) is 0 Å². The zero-order valence-electron chi connectivity index (χ0n) is 19.6. The van der Waals surface area contributed by atoms with E-state index in [4.69, 9.17) is 4.74 Å². The number of rotatable bonds is 6. The summed E-state index contributed by atoms with van der Waals surface area (Å²) in [5.74, 6) is 0.446. The van der Waals surface area contributed by atoms with Crippen molar-refractivity contribution in [2.75, 3.05) is 56.6 Å². The first-order chi connectivity index (χ1) is 16.5. The highest BCUT2D eigenvalue weighted by molar-refractivity contribution is 5.98. The Labute approximate surface area is 200 Å². The van der Waals surface area contributed by atoms with Crippen molar-refractivity contribution >= 4 is 29.1 Å². The minimum atomic E-state index is -0.224. The van der Waals surface area contributed by atoms with E-state index in [2.05, 4.69) is 17.6 Å². The molecule has 0 bridgehead atoms. The molecule has 0 radical (unpaired) electrons. The molecule has 0 atom stereocenters. The van der Waals surface area contributed by atoms with Crippen LogP contribution in [-0.2, 0) is 9.53 Å². The fourth-order valence-electron chi connectivity index (χ4n) is 4.19. The number of benzene rings is 2. The average Bonchev–Trinajstić information content (AvgIpc) is 2.88. The third kappa shape index (κ3) is 6.14. The van der Waals surface area contributed by atoms with Crippen LogP contribution in [0.25, 0.3) is 0 Å². The van der Waals surface area contributed by atoms with Crippen molar-refractivity contribution in [3.05, 3.63) is 59.7 Å². The summed E-state index contributed by atoms with van der Waals surface area (Å²) >= 11 is 0. The maximum Gasteiger partial charge on any atom is 0.254 e. The largest absolute Gasteiger partial charge is 0.378 e. The highest BCUT2D eigenvalue weighted by Gasteiger charge is 2.21. The van der Waals surface area contributed by atoms with Gasteiger partial charge < -0.3 is 25.2 Å². The van der Waals surface area contributed by atoms with Crippen molar-refractivity contribution in [2.24, 2.45) is 5.92 Å². The van der Waals surface area contributed by atoms with Gasteiger partial charge in [-0.25, -0.2) is 0 Å². The SMILES string of the molecule is CC1CCN(C(=O)c2ccc(NCC(=O)Nc3cccc(C(=O)N4CCOCC4)c3)cc2)CC1. The Morgan fingerprint density at radius 1 is 0.853 bits per heavy atom. The van der Waals surface area contributed by atoms with Crippen LogP contribution in [-0.4, -0.2) is 73.5 Å². The summed E-state index contributed by atoms with van der Waals surface area (Å²) in [5.41, 5.74) is 2.53. The summed E-state index contributed by atoms with van der Waals surface area (Å²) in [7, 11) is 0. The van der Waals surface area contributed by atoms with Gasteiger partial charge in [-0.15, -0.1) is 0 Å². The number of morpholine rings is 1. The van der Waals surface area contributed by atoms with Crippen molar-refractivity contribution in [3.63, 3.8) is 0 Å². The summed E-state index contributed by atoms with van der Waals surface area (Å²) in [4.78, 5) is 41.4. The van der Waals surface area contributed by atoms with E-state index >= 15 is 0 Å². The van der Waals surface area contributed by atoms with E-state index in [-0.39, 0.29) is 24.3 Å². The molecule has 2 aromatic rings. The summed E-state index contributed by atoms with van der Waals surface area (Å²) in [6.45, 7) is 6.13. The minimum absolute atomic E-state index is 0.0581. The Hall–Kier alpha value is -3.39. The third-order valence-corrected chi connectivity index (χ3v) is 6.35. The van der Waals surface area contributed by atoms with Gasteiger partial charge in [0.2, 0.25) is 5.91 Å². The van der Waals surface area contributed by atoms with E-state index in [1.165, 1.54) is 0 Å². The Bertz CT molecular complexity index is 1010. The number of ether oxygens (including phenoxy) is 1. The van der Waals surface area contributed by atoms with Gasteiger partial charge >= 0.3 is 0 Å². The monoisotopic (exact) mass is 464 g/mol. The number of amides is 3. The summed E-state index contributed by atoms with van der Waals surface area (Å²) in [6.07, 6.45) is 2.09. The first kappa shape index (κ1) is 23.8. The summed E-state index contributed by atoms with van der Waals surface area (Å²) in [5, 5.41) is 5.91. The molecule has 0 aliphatic carbocycles. The first-order valence-electron chi connectivity index (χ1n) is 11.9. The highest BCUT2D eigenvalue weighted by atomic mass is 16.5. The second-order valence-electron chi connectivity index (χ2n) is 8.94. The molecule has 4 rings (SSSR count). The van der Waals surface area contributed by atoms with Crippen LogP contribution >= 0.6 is 0 Å². The zero-order chi connectivity index (χ0) is 23.9. The topological polar surface area (TPSA) is 91.0 Å². The molecule has 2 fully saturated rings. The van der Waals surface area contributed by atoms with Gasteiger partial charge in [0.1, 0.15) is 0 Å². The van der Waals surface area contributed by atoms with Gasteiger partial charge in [-0.3, -0.25) is 14.4 Å². The van der Waals surface area contributed by atoms with Crippen molar-refractivity contribution in [1.29, 1.82) is 0 Å². The molecule has 34 heavy (non-hydrogen) atoms. The molecule has 2 aromatic carbocycles. The summed E-state index contributed by atoms with van der Waals surface area (Å²) in [6, 6.07) is 14.2. The lowest BCUT2D eigenvalue weighted by molar-refractivity contribution is -0.114. The van der Waals surface area contributed by atoms with Crippen LogP contribution in [0, 0.1) is 5.92 Å². The Kier molecular flexibility index (Phi) is 7.80. The molecular formula is C26H32N4O4. The quantitative estimate of drug-likeness (QED) is 0.686. The van der Waals surface area contributed by atoms with E-state index in [1.54, 1.807) is 41.3 Å². The second kappa shape index (κ2) is 11.2. The molecule has 0 saturated carbocycles. The fourth-order valence-corrected chi connectivity index (χ4v) is 4.19. The molecule has 2 N–H and O–H groups in total. The van der Waals surface area contributed by atoms with E-state index in [0.717, 1.165) is 31.6 Å². The summed E-state index contributed by atoms with van der Waals surface area (Å²) < 4.78 is 5.30. The number of nitrogens with zero attached hydrogens (tertiary/aromatic N) is 2. The smallest absolute Gasteiger partial charge is 0.254 e. The van der Waals surface area contributed by atoms with E-state index in [9.17, 15) is 14.4 Å². The molecule has 2 saturated heterocycles. The molecule has 2 heterocycles. The molecule has 0 unspecified atom stereocenters. The number of hydrogen-bond donors (Lipinski definition) is 2. The van der Waals surface area contributed by atoms with Gasteiger partial charge in [0.25, 0.3) is 11.8 Å². The molecule has 180 valence electrons. The number of carbonyl (C=O) groups excluding carboxylic acids is 3. The third-order valence-electron chi connectivity index (χ3n) is 6.35. The predicted molar refractivity (Wildman–Crippen MR) is 131 cm³/mol. The molecule has 2 aliphatic rings. The van der Waals surface area contributed by atoms with Crippen LogP contribution < -0.4 is 10.6 Å². The Morgan fingerprint density at radius 3 is 2.21 bits per heavy atom. The number of nitrogens with one attached hydrogen (secondary N) is 2. The lowest BCUT2D eigenvalue weighted by atomic mass is 9.98. The van der Waals surface area contributed by atoms with Crippen LogP contribution in [0.15, 0.2) is 48.5 Å². The van der Waals surface area contributed by atoms with Crippen molar-refractivity contribution in [1.82, 2.24) is 9.80 Å². The Balaban J connectivity index is 1.27. The van der Waals surface area contributed by atoms with Crippen molar-refractivity contribution in [2.45, 2.75) is 19.8 Å². The van der Waals surface area contributed by atoms with E-state index in [0.29, 0.717) is 49.0 Å². The fraction of sp³-hybridized carbons (Fsp3) is 0.423. The van der Waals surface area contributed by atoms with Gasteiger partial charge in [-0.05, 0) is 61.2 Å².